The van der Waals surface area contributed by atoms with Crippen LogP contribution in [0.4, 0.5) is 8.78 Å². The number of benzene rings is 1. The largest absolute Gasteiger partial charge is 0.276 e. The van der Waals surface area contributed by atoms with E-state index in [1.807, 2.05) is 4.83 Å². The highest BCUT2D eigenvalue weighted by atomic mass is 32.2. The van der Waals surface area contributed by atoms with Gasteiger partial charge in [-0.3, -0.25) is 0 Å². The zero-order chi connectivity index (χ0) is 18.2. The highest BCUT2D eigenvalue weighted by molar-refractivity contribution is 7.89. The van der Waals surface area contributed by atoms with Gasteiger partial charge in [-0.05, 0) is 25.5 Å². The Morgan fingerprint density at radius 3 is 2.67 bits per heavy atom. The minimum atomic E-state index is -3.98. The van der Waals surface area contributed by atoms with Crippen LogP contribution in [0.1, 0.15) is 35.8 Å². The van der Waals surface area contributed by atoms with E-state index in [1.165, 1.54) is 12.1 Å². The van der Waals surface area contributed by atoms with Gasteiger partial charge in [-0.25, -0.2) is 13.6 Å². The minimum absolute atomic E-state index is 0.0379. The zero-order valence-electron chi connectivity index (χ0n) is 14.4. The number of sulfonamides is 1. The fraction of sp³-hybridized carbons (Fsp3) is 0.500. The van der Waals surface area contributed by atoms with Crippen LogP contribution in [-0.2, 0) is 10.0 Å². The SMILES string of the molecule is [2H]C([2H])([2H])C1CC(F)(F)CCC1=NNS(=O)(=O)c1ccc(C)cc1. The molecule has 0 aliphatic heterocycles. The number of alkyl halides is 2. The molecule has 0 heterocycles. The van der Waals surface area contributed by atoms with Crippen molar-refractivity contribution in [1.82, 2.24) is 4.83 Å². The van der Waals surface area contributed by atoms with Crippen molar-refractivity contribution in [2.75, 3.05) is 0 Å². The van der Waals surface area contributed by atoms with Crippen molar-refractivity contribution in [2.24, 2.45) is 11.0 Å². The minimum Gasteiger partial charge on any atom is -0.207 e. The first-order valence-corrected chi connectivity index (χ1v) is 7.92. The van der Waals surface area contributed by atoms with Crippen molar-refractivity contribution in [3.8, 4) is 0 Å². The average Bonchev–Trinajstić information content (AvgIpc) is 2.45. The Bertz CT molecular complexity index is 731. The number of aryl methyl sites for hydroxylation is 1. The van der Waals surface area contributed by atoms with Gasteiger partial charge in [-0.2, -0.15) is 13.5 Å². The van der Waals surface area contributed by atoms with Crippen LogP contribution < -0.4 is 4.83 Å². The normalized spacial score (nSPS) is 26.7. The highest BCUT2D eigenvalue weighted by Gasteiger charge is 2.37. The Morgan fingerprint density at radius 2 is 2.05 bits per heavy atom. The molecule has 1 atom stereocenters. The van der Waals surface area contributed by atoms with Crippen LogP contribution in [0.5, 0.6) is 0 Å². The molecule has 7 heteroatoms. The summed E-state index contributed by atoms with van der Waals surface area (Å²) in [6, 6.07) is 5.98. The molecule has 0 radical (unpaired) electrons. The molecule has 4 nitrogen and oxygen atoms in total. The summed E-state index contributed by atoms with van der Waals surface area (Å²) >= 11 is 0. The molecule has 1 aliphatic rings. The lowest BCUT2D eigenvalue weighted by Gasteiger charge is -2.27. The van der Waals surface area contributed by atoms with Gasteiger partial charge in [0, 0.05) is 28.6 Å². The molecular weight excluding hydrogens is 298 g/mol. The first kappa shape index (κ1) is 12.1. The third-order valence-corrected chi connectivity index (χ3v) is 4.52. The maximum Gasteiger partial charge on any atom is 0.276 e. The van der Waals surface area contributed by atoms with Crippen molar-refractivity contribution >= 4 is 15.7 Å². The molecule has 0 saturated heterocycles. The van der Waals surface area contributed by atoms with Crippen molar-refractivity contribution in [3.63, 3.8) is 0 Å². The van der Waals surface area contributed by atoms with Gasteiger partial charge in [0.25, 0.3) is 10.0 Å². The third kappa shape index (κ3) is 4.00. The predicted molar refractivity (Wildman–Crippen MR) is 76.9 cm³/mol. The number of nitrogens with one attached hydrogen (secondary N) is 1. The summed E-state index contributed by atoms with van der Waals surface area (Å²) in [4.78, 5) is 1.92. The highest BCUT2D eigenvalue weighted by Crippen LogP contribution is 2.35. The van der Waals surface area contributed by atoms with E-state index in [4.69, 9.17) is 4.11 Å². The van der Waals surface area contributed by atoms with Crippen LogP contribution in [0.2, 0.25) is 0 Å². The van der Waals surface area contributed by atoms with E-state index < -0.39 is 41.6 Å². The van der Waals surface area contributed by atoms with E-state index in [0.717, 1.165) is 5.56 Å². The molecule has 1 fully saturated rings. The lowest BCUT2D eigenvalue weighted by atomic mass is 9.86. The number of rotatable bonds is 3. The first-order chi connectivity index (χ1) is 10.9. The Balaban J connectivity index is 2.24. The van der Waals surface area contributed by atoms with Crippen molar-refractivity contribution in [1.29, 1.82) is 0 Å². The molecule has 0 spiro atoms. The predicted octanol–water partition coefficient (Wildman–Crippen LogP) is 3.08. The summed E-state index contributed by atoms with van der Waals surface area (Å²) in [6.45, 7) is -0.870. The van der Waals surface area contributed by atoms with Crippen molar-refractivity contribution in [3.05, 3.63) is 29.8 Å². The van der Waals surface area contributed by atoms with Gasteiger partial charge in [-0.15, -0.1) is 0 Å². The van der Waals surface area contributed by atoms with E-state index in [2.05, 4.69) is 5.10 Å². The van der Waals surface area contributed by atoms with Gasteiger partial charge in [0.15, 0.2) is 0 Å². The van der Waals surface area contributed by atoms with E-state index in [0.29, 0.717) is 0 Å². The Hall–Kier alpha value is -1.50. The maximum atomic E-state index is 13.5. The molecule has 1 saturated carbocycles. The standard InChI is InChI=1S/C14H18F2N2O2S/c1-10-3-5-12(6-4-10)21(19,20)18-17-13-7-8-14(15,16)9-11(13)2/h3-6,11,18H,7-9H2,1-2H3/i2D3. The third-order valence-electron chi connectivity index (χ3n) is 3.29. The van der Waals surface area contributed by atoms with Gasteiger partial charge in [0.1, 0.15) is 0 Å². The molecule has 1 aromatic carbocycles. The number of hydrogen-bond acceptors (Lipinski definition) is 3. The van der Waals surface area contributed by atoms with Gasteiger partial charge in [-0.1, -0.05) is 24.5 Å². The summed E-state index contributed by atoms with van der Waals surface area (Å²) in [5, 5.41) is 3.65. The van der Waals surface area contributed by atoms with Crippen LogP contribution in [-0.4, -0.2) is 20.1 Å². The van der Waals surface area contributed by atoms with Gasteiger partial charge < -0.3 is 0 Å². The van der Waals surface area contributed by atoms with Crippen LogP contribution in [0.3, 0.4) is 0 Å². The molecule has 1 aromatic rings. The fourth-order valence-corrected chi connectivity index (χ4v) is 2.86. The van der Waals surface area contributed by atoms with Crippen LogP contribution >= 0.6 is 0 Å². The van der Waals surface area contributed by atoms with Gasteiger partial charge >= 0.3 is 0 Å². The Morgan fingerprint density at radius 1 is 1.38 bits per heavy atom. The average molecular weight is 319 g/mol. The van der Waals surface area contributed by atoms with E-state index >= 15 is 0 Å². The molecular formula is C14H18F2N2O2S. The number of hydrogen-bond donors (Lipinski definition) is 1. The van der Waals surface area contributed by atoms with E-state index in [-0.39, 0.29) is 17.0 Å². The van der Waals surface area contributed by atoms with Gasteiger partial charge in [0.05, 0.1) is 4.90 Å². The van der Waals surface area contributed by atoms with Crippen molar-refractivity contribution < 1.29 is 21.3 Å². The summed E-state index contributed by atoms with van der Waals surface area (Å²) < 4.78 is 73.5. The van der Waals surface area contributed by atoms with E-state index in [1.54, 1.807) is 19.1 Å². The topological polar surface area (TPSA) is 58.5 Å². The second-order valence-corrected chi connectivity index (χ2v) is 6.78. The summed E-state index contributed by atoms with van der Waals surface area (Å²) in [6.07, 6.45) is -1.69. The molecule has 0 bridgehead atoms. The molecule has 1 N–H and O–H groups in total. The number of halogens is 2. The van der Waals surface area contributed by atoms with E-state index in [9.17, 15) is 17.2 Å². The molecule has 1 aliphatic carbocycles. The lowest BCUT2D eigenvalue weighted by molar-refractivity contribution is -0.0283. The summed E-state index contributed by atoms with van der Waals surface area (Å²) in [7, 11) is -3.98. The quantitative estimate of drug-likeness (QED) is 0.870. The summed E-state index contributed by atoms with van der Waals surface area (Å²) in [5.74, 6) is -4.56. The first-order valence-electron chi connectivity index (χ1n) is 7.93. The molecule has 116 valence electrons. The molecule has 0 aromatic heterocycles. The zero-order valence-corrected chi connectivity index (χ0v) is 12.3. The number of nitrogens with zero attached hydrogens (tertiary/aromatic N) is 1. The summed E-state index contributed by atoms with van der Waals surface area (Å²) in [5.41, 5.74) is 0.800. The van der Waals surface area contributed by atoms with Gasteiger partial charge in [0.2, 0.25) is 5.92 Å². The second-order valence-electron chi connectivity index (χ2n) is 5.12. The number of hydrazone groups is 1. The van der Waals surface area contributed by atoms with Crippen molar-refractivity contribution in [2.45, 2.75) is 43.9 Å². The molecule has 21 heavy (non-hydrogen) atoms. The monoisotopic (exact) mass is 319 g/mol. The van der Waals surface area contributed by atoms with Crippen LogP contribution in [0, 0.1) is 12.8 Å². The smallest absolute Gasteiger partial charge is 0.207 e. The molecule has 2 rings (SSSR count). The molecule has 1 unspecified atom stereocenters. The fourth-order valence-electron chi connectivity index (χ4n) is 2.03. The molecule has 0 amide bonds. The Labute approximate surface area is 127 Å². The second kappa shape index (κ2) is 5.71. The lowest BCUT2D eigenvalue weighted by Crippen LogP contribution is -2.33. The maximum absolute atomic E-state index is 13.5. The van der Waals surface area contributed by atoms with Crippen LogP contribution in [0.25, 0.3) is 0 Å². The van der Waals surface area contributed by atoms with Crippen LogP contribution in [0.15, 0.2) is 34.3 Å². The Kier molecular flexibility index (Phi) is 3.29.